The van der Waals surface area contributed by atoms with Crippen molar-refractivity contribution in [2.75, 3.05) is 0 Å². The summed E-state index contributed by atoms with van der Waals surface area (Å²) in [7, 11) is 0. The number of benzene rings is 6. The summed E-state index contributed by atoms with van der Waals surface area (Å²) in [6.07, 6.45) is 6.84. The van der Waals surface area contributed by atoms with E-state index in [9.17, 15) is 0 Å². The van der Waals surface area contributed by atoms with E-state index in [-0.39, 0.29) is 0 Å². The van der Waals surface area contributed by atoms with E-state index in [0.717, 1.165) is 11.5 Å². The average molecular weight is 662 g/mol. The Bertz CT molecular complexity index is 2910. The van der Waals surface area contributed by atoms with Crippen molar-refractivity contribution in [3.05, 3.63) is 163 Å². The minimum atomic E-state index is -0.394. The molecule has 0 fully saturated rings. The molecule has 0 amide bonds. The Hall–Kier alpha value is -5.84. The fraction of sp³-hybridized carbons (Fsp3) is 0.0870. The van der Waals surface area contributed by atoms with E-state index in [2.05, 4.69) is 187 Å². The van der Waals surface area contributed by atoms with Gasteiger partial charge in [-0.1, -0.05) is 115 Å². The zero-order valence-electron chi connectivity index (χ0n) is 28.2. The van der Waals surface area contributed by atoms with Crippen molar-refractivity contribution in [2.24, 2.45) is 0 Å². The van der Waals surface area contributed by atoms with Crippen molar-refractivity contribution in [3.8, 4) is 5.69 Å². The van der Waals surface area contributed by atoms with Gasteiger partial charge in [-0.25, -0.2) is 0 Å². The van der Waals surface area contributed by atoms with E-state index in [0.29, 0.717) is 0 Å². The fourth-order valence-electron chi connectivity index (χ4n) is 8.44. The summed E-state index contributed by atoms with van der Waals surface area (Å²) in [5.41, 5.74) is 9.35. The van der Waals surface area contributed by atoms with Crippen LogP contribution in [0.25, 0.3) is 80.9 Å². The number of hydrogen-bond acceptors (Lipinski definition) is 2. The topological polar surface area (TPSA) is 21.9 Å². The van der Waals surface area contributed by atoms with E-state index in [1.54, 1.807) is 0 Å². The van der Waals surface area contributed by atoms with Gasteiger partial charge in [0.05, 0.1) is 27.6 Å². The highest BCUT2D eigenvalue weighted by atomic mass is 32.1. The number of allylic oxidation sites excluding steroid dienone is 3. The fourth-order valence-corrected chi connectivity index (χ4v) is 9.70. The minimum absolute atomic E-state index is 0.394. The highest BCUT2D eigenvalue weighted by Gasteiger charge is 2.33. The van der Waals surface area contributed by atoms with Gasteiger partial charge in [0.2, 0.25) is 0 Å². The van der Waals surface area contributed by atoms with Crippen LogP contribution in [0.15, 0.2) is 157 Å². The zero-order valence-corrected chi connectivity index (χ0v) is 29.1. The summed E-state index contributed by atoms with van der Waals surface area (Å²) >= 11 is 1.92. The molecule has 3 nitrogen and oxygen atoms in total. The summed E-state index contributed by atoms with van der Waals surface area (Å²) < 4.78 is 7.67. The van der Waals surface area contributed by atoms with Crippen LogP contribution in [0.4, 0.5) is 0 Å². The maximum absolute atomic E-state index is 4.07. The third kappa shape index (κ3) is 3.97. The van der Waals surface area contributed by atoms with Crippen LogP contribution in [-0.2, 0) is 0 Å². The van der Waals surface area contributed by atoms with Gasteiger partial charge in [0, 0.05) is 47.4 Å². The molecule has 0 spiro atoms. The molecular formula is C46H35N3S. The second-order valence-corrected chi connectivity index (χ2v) is 14.6. The third-order valence-electron chi connectivity index (χ3n) is 10.7. The minimum Gasteiger partial charge on any atom is -0.359 e. The van der Waals surface area contributed by atoms with Crippen molar-refractivity contribution in [1.82, 2.24) is 14.5 Å². The highest BCUT2D eigenvalue weighted by Crippen LogP contribution is 2.51. The molecule has 10 rings (SSSR count). The first-order valence-electron chi connectivity index (χ1n) is 17.3. The first kappa shape index (κ1) is 29.1. The average Bonchev–Trinajstić information content (AvgIpc) is 3.82. The zero-order chi connectivity index (χ0) is 33.6. The van der Waals surface area contributed by atoms with Gasteiger partial charge in [0.25, 0.3) is 0 Å². The van der Waals surface area contributed by atoms with Crippen LogP contribution in [-0.4, -0.2) is 14.7 Å². The summed E-state index contributed by atoms with van der Waals surface area (Å²) in [6.45, 7) is 6.68. The molecule has 1 N–H and O–H groups in total. The molecule has 1 atom stereocenters. The molecule has 0 aliphatic carbocycles. The molecule has 1 aliphatic rings. The first-order chi connectivity index (χ1) is 24.6. The van der Waals surface area contributed by atoms with Crippen LogP contribution in [0.3, 0.4) is 0 Å². The van der Waals surface area contributed by atoms with Crippen LogP contribution in [0, 0.1) is 0 Å². The molecule has 9 aromatic rings. The van der Waals surface area contributed by atoms with Crippen LogP contribution in [0.1, 0.15) is 26.3 Å². The quantitative estimate of drug-likeness (QED) is 0.186. The predicted molar refractivity (Wildman–Crippen MR) is 216 cm³/mol. The molecule has 240 valence electrons. The number of fused-ring (bicyclic) bond motifs is 12. The van der Waals surface area contributed by atoms with Crippen LogP contribution >= 0.6 is 11.3 Å². The normalized spacial score (nSPS) is 16.9. The number of dihydropyridines is 1. The maximum atomic E-state index is 4.07. The number of nitrogens with zero attached hydrogens (tertiary/aromatic N) is 2. The number of nitrogens with one attached hydrogen (secondary N) is 1. The molecule has 3 aromatic heterocycles. The Morgan fingerprint density at radius 3 is 1.92 bits per heavy atom. The summed E-state index contributed by atoms with van der Waals surface area (Å²) in [6, 6.07) is 48.6. The van der Waals surface area contributed by atoms with Gasteiger partial charge in [-0.3, -0.25) is 4.57 Å². The van der Waals surface area contributed by atoms with Gasteiger partial charge < -0.3 is 9.88 Å². The Morgan fingerprint density at radius 1 is 0.620 bits per heavy atom. The lowest BCUT2D eigenvalue weighted by Gasteiger charge is -2.37. The molecule has 0 radical (unpaired) electrons. The molecule has 4 heteroatoms. The van der Waals surface area contributed by atoms with Gasteiger partial charge in [0.15, 0.2) is 0 Å². The van der Waals surface area contributed by atoms with Crippen molar-refractivity contribution in [1.29, 1.82) is 0 Å². The molecular weight excluding hydrogens is 627 g/mol. The number of para-hydroxylation sites is 3. The Morgan fingerprint density at radius 2 is 1.20 bits per heavy atom. The van der Waals surface area contributed by atoms with Gasteiger partial charge in [-0.2, -0.15) is 0 Å². The maximum Gasteiger partial charge on any atom is 0.112 e. The Labute approximate surface area is 294 Å². The number of aromatic nitrogens is 2. The van der Waals surface area contributed by atoms with E-state index < -0.39 is 5.54 Å². The van der Waals surface area contributed by atoms with E-state index in [1.807, 2.05) is 11.3 Å². The standard InChI is InChI=1S/C46H35N3S/c1-4-27-46(3)29(2)35(30-17-7-5-8-18-30)28-39(47-46)49-37-25-15-12-22-33(37)42-44(49)43-40(41-34-23-13-16-26-38(34)50-45(41)42)32-21-11-14-24-36(32)48(43)31-19-9-6-10-20-31/h4-28,47H,1-3H3/b27-4-. The van der Waals surface area contributed by atoms with Crippen molar-refractivity contribution >= 4 is 86.5 Å². The second kappa shape index (κ2) is 10.8. The van der Waals surface area contributed by atoms with Gasteiger partial charge in [-0.05, 0) is 73.9 Å². The number of rotatable bonds is 4. The second-order valence-electron chi connectivity index (χ2n) is 13.6. The van der Waals surface area contributed by atoms with Crippen LogP contribution in [0.2, 0.25) is 0 Å². The summed E-state index contributed by atoms with van der Waals surface area (Å²) in [5, 5.41) is 11.9. The molecule has 4 heterocycles. The molecule has 1 unspecified atom stereocenters. The lowest BCUT2D eigenvalue weighted by atomic mass is 9.83. The lowest BCUT2D eigenvalue weighted by molar-refractivity contribution is 0.576. The van der Waals surface area contributed by atoms with Crippen LogP contribution in [0.5, 0.6) is 0 Å². The van der Waals surface area contributed by atoms with Gasteiger partial charge >= 0.3 is 0 Å². The molecule has 1 aliphatic heterocycles. The largest absolute Gasteiger partial charge is 0.359 e. The third-order valence-corrected chi connectivity index (χ3v) is 11.9. The predicted octanol–water partition coefficient (Wildman–Crippen LogP) is 12.5. The molecule has 6 aromatic carbocycles. The van der Waals surface area contributed by atoms with Gasteiger partial charge in [0.1, 0.15) is 5.82 Å². The molecule has 0 bridgehead atoms. The lowest BCUT2D eigenvalue weighted by Crippen LogP contribution is -2.44. The smallest absolute Gasteiger partial charge is 0.112 e. The van der Waals surface area contributed by atoms with Crippen molar-refractivity contribution in [2.45, 2.75) is 26.3 Å². The van der Waals surface area contributed by atoms with Crippen molar-refractivity contribution in [3.63, 3.8) is 0 Å². The first-order valence-corrected chi connectivity index (χ1v) is 18.1. The number of thiophene rings is 1. The summed E-state index contributed by atoms with van der Waals surface area (Å²) in [5.74, 6) is 1.06. The summed E-state index contributed by atoms with van der Waals surface area (Å²) in [4.78, 5) is 0. The number of hydrogen-bond donors (Lipinski definition) is 1. The van der Waals surface area contributed by atoms with E-state index >= 15 is 0 Å². The van der Waals surface area contributed by atoms with Crippen molar-refractivity contribution < 1.29 is 0 Å². The monoisotopic (exact) mass is 661 g/mol. The molecule has 0 saturated carbocycles. The highest BCUT2D eigenvalue weighted by molar-refractivity contribution is 7.27. The molecule has 0 saturated heterocycles. The Balaban J connectivity index is 1.48. The van der Waals surface area contributed by atoms with Crippen LogP contribution < -0.4 is 5.32 Å². The molecule has 50 heavy (non-hydrogen) atoms. The van der Waals surface area contributed by atoms with Gasteiger partial charge in [-0.15, -0.1) is 11.3 Å². The van der Waals surface area contributed by atoms with E-state index in [4.69, 9.17) is 0 Å². The SMILES string of the molecule is C/C=C\C1(C)NC(n2c3ccccc3c3c4sc5ccccc5c4c4c5ccccc5n(-c5ccccc5)c4c32)=CC(c2ccccc2)=C1C. The Kier molecular flexibility index (Phi) is 6.31. The van der Waals surface area contributed by atoms with E-state index in [1.165, 1.54) is 80.5 Å².